The van der Waals surface area contributed by atoms with Crippen LogP contribution in [-0.4, -0.2) is 9.50 Å². The van der Waals surface area contributed by atoms with Crippen LogP contribution in [-0.2, 0) is 7.05 Å². The quantitative estimate of drug-likeness (QED) is 0.352. The summed E-state index contributed by atoms with van der Waals surface area (Å²) in [6.45, 7) is 4.31. The summed E-state index contributed by atoms with van der Waals surface area (Å²) in [6, 6.07) is 10.6. The molecule has 3 heteroatoms. The van der Waals surface area contributed by atoms with Crippen LogP contribution in [0.3, 0.4) is 0 Å². The third-order valence-corrected chi connectivity index (χ3v) is 4.06. The number of benzene rings is 1. The largest absolute Gasteiger partial charge is 0.254 e. The summed E-state index contributed by atoms with van der Waals surface area (Å²) in [5.41, 5.74) is 6.06. The van der Waals surface area contributed by atoms with Crippen LogP contribution >= 0.6 is 0 Å². The van der Waals surface area contributed by atoms with E-state index in [1.807, 2.05) is 6.20 Å². The SMILES string of the molecule is Cc1c[n+](C)n2c1c1ccccc1c1nccc(C)c12. The lowest BCUT2D eigenvalue weighted by molar-refractivity contribution is -0.735. The van der Waals surface area contributed by atoms with Gasteiger partial charge in [0.05, 0.1) is 0 Å². The van der Waals surface area contributed by atoms with E-state index < -0.39 is 0 Å². The van der Waals surface area contributed by atoms with Crippen LogP contribution in [0.4, 0.5) is 0 Å². The zero-order valence-corrected chi connectivity index (χ0v) is 11.9. The minimum atomic E-state index is 1.07. The first-order valence-corrected chi connectivity index (χ1v) is 6.82. The molecule has 0 saturated heterocycles. The normalized spacial score (nSPS) is 11.8. The molecule has 0 aliphatic carbocycles. The van der Waals surface area contributed by atoms with Gasteiger partial charge < -0.3 is 0 Å². The van der Waals surface area contributed by atoms with Gasteiger partial charge in [-0.05, 0) is 25.5 Å². The second-order valence-corrected chi connectivity index (χ2v) is 5.42. The Hall–Kier alpha value is -2.42. The lowest BCUT2D eigenvalue weighted by Crippen LogP contribution is -2.34. The number of aromatic nitrogens is 3. The van der Waals surface area contributed by atoms with E-state index in [1.54, 1.807) is 0 Å². The number of nitrogens with zero attached hydrogens (tertiary/aromatic N) is 3. The van der Waals surface area contributed by atoms with Gasteiger partial charge in [-0.15, -0.1) is 9.20 Å². The minimum absolute atomic E-state index is 1.07. The Morgan fingerprint density at radius 3 is 2.50 bits per heavy atom. The number of fused-ring (bicyclic) bond motifs is 6. The van der Waals surface area contributed by atoms with E-state index in [-0.39, 0.29) is 0 Å². The molecule has 0 aliphatic heterocycles. The molecule has 3 aromatic heterocycles. The van der Waals surface area contributed by atoms with Crippen molar-refractivity contribution in [1.82, 2.24) is 9.50 Å². The van der Waals surface area contributed by atoms with Crippen molar-refractivity contribution in [3.8, 4) is 0 Å². The Morgan fingerprint density at radius 2 is 1.70 bits per heavy atom. The average molecular weight is 262 g/mol. The Labute approximate surface area is 117 Å². The lowest BCUT2D eigenvalue weighted by Gasteiger charge is -2.08. The monoisotopic (exact) mass is 262 g/mol. The van der Waals surface area contributed by atoms with Gasteiger partial charge in [-0.2, -0.15) is 0 Å². The molecule has 0 fully saturated rings. The Kier molecular flexibility index (Phi) is 2.16. The molecule has 0 spiro atoms. The van der Waals surface area contributed by atoms with Crippen LogP contribution < -0.4 is 4.68 Å². The number of aryl methyl sites for hydroxylation is 3. The molecule has 98 valence electrons. The summed E-state index contributed by atoms with van der Waals surface area (Å²) in [5, 5.41) is 2.48. The topological polar surface area (TPSA) is 21.2 Å². The van der Waals surface area contributed by atoms with E-state index in [9.17, 15) is 0 Å². The summed E-state index contributed by atoms with van der Waals surface area (Å²) in [7, 11) is 2.08. The Bertz CT molecular complexity index is 980. The smallest absolute Gasteiger partial charge is 0.199 e. The summed E-state index contributed by atoms with van der Waals surface area (Å²) in [6.07, 6.45) is 4.07. The zero-order valence-electron chi connectivity index (χ0n) is 11.9. The second-order valence-electron chi connectivity index (χ2n) is 5.42. The molecule has 0 N–H and O–H groups in total. The maximum Gasteiger partial charge on any atom is 0.199 e. The van der Waals surface area contributed by atoms with Gasteiger partial charge in [0.15, 0.2) is 13.2 Å². The highest BCUT2D eigenvalue weighted by Crippen LogP contribution is 2.30. The van der Waals surface area contributed by atoms with Crippen molar-refractivity contribution in [3.63, 3.8) is 0 Å². The fraction of sp³-hybridized carbons (Fsp3) is 0.176. The average Bonchev–Trinajstić information content (AvgIpc) is 2.75. The number of rotatable bonds is 0. The molecule has 4 rings (SSSR count). The molecule has 20 heavy (non-hydrogen) atoms. The molecular weight excluding hydrogens is 246 g/mol. The van der Waals surface area contributed by atoms with Crippen LogP contribution in [0.15, 0.2) is 42.7 Å². The molecule has 0 atom stereocenters. The van der Waals surface area contributed by atoms with Crippen LogP contribution in [0.2, 0.25) is 0 Å². The van der Waals surface area contributed by atoms with E-state index in [0.717, 1.165) is 5.52 Å². The van der Waals surface area contributed by atoms with Crippen molar-refractivity contribution in [2.75, 3.05) is 0 Å². The molecule has 0 aliphatic rings. The van der Waals surface area contributed by atoms with Crippen molar-refractivity contribution >= 4 is 27.3 Å². The first-order chi connectivity index (χ1) is 9.68. The summed E-state index contributed by atoms with van der Waals surface area (Å²) < 4.78 is 4.42. The van der Waals surface area contributed by atoms with E-state index in [2.05, 4.69) is 71.6 Å². The highest BCUT2D eigenvalue weighted by atomic mass is 15.3. The first kappa shape index (κ1) is 11.4. The van der Waals surface area contributed by atoms with Gasteiger partial charge in [0.2, 0.25) is 0 Å². The van der Waals surface area contributed by atoms with Crippen LogP contribution in [0.5, 0.6) is 0 Å². The van der Waals surface area contributed by atoms with Crippen LogP contribution in [0.25, 0.3) is 27.3 Å². The maximum atomic E-state index is 4.64. The van der Waals surface area contributed by atoms with Crippen molar-refractivity contribution in [3.05, 3.63) is 53.9 Å². The molecule has 3 heterocycles. The predicted octanol–water partition coefficient (Wildman–Crippen LogP) is 3.08. The van der Waals surface area contributed by atoms with E-state index in [1.165, 1.54) is 32.9 Å². The Balaban J connectivity index is 2.51. The first-order valence-electron chi connectivity index (χ1n) is 6.82. The predicted molar refractivity (Wildman–Crippen MR) is 80.9 cm³/mol. The molecule has 1 aromatic carbocycles. The third-order valence-electron chi connectivity index (χ3n) is 4.06. The van der Waals surface area contributed by atoms with Gasteiger partial charge in [0.25, 0.3) is 0 Å². The zero-order chi connectivity index (χ0) is 13.9. The van der Waals surface area contributed by atoms with Crippen molar-refractivity contribution in [2.45, 2.75) is 13.8 Å². The fourth-order valence-electron chi connectivity index (χ4n) is 3.23. The fourth-order valence-corrected chi connectivity index (χ4v) is 3.23. The summed E-state index contributed by atoms with van der Waals surface area (Å²) >= 11 is 0. The standard InChI is InChI=1S/C17H16N3/c1-11-8-9-18-15-13-6-4-5-7-14(13)16-12(2)10-19(3)20(16)17(11)15/h4-10H,1-3H3/q+1. The molecule has 0 amide bonds. The molecule has 0 radical (unpaired) electrons. The van der Waals surface area contributed by atoms with Crippen molar-refractivity contribution in [1.29, 1.82) is 0 Å². The van der Waals surface area contributed by atoms with Crippen LogP contribution in [0.1, 0.15) is 11.1 Å². The van der Waals surface area contributed by atoms with Gasteiger partial charge in [-0.25, -0.2) is 0 Å². The van der Waals surface area contributed by atoms with Gasteiger partial charge in [-0.1, -0.05) is 24.3 Å². The van der Waals surface area contributed by atoms with E-state index >= 15 is 0 Å². The number of pyridine rings is 2. The van der Waals surface area contributed by atoms with Gasteiger partial charge in [-0.3, -0.25) is 4.98 Å². The van der Waals surface area contributed by atoms with Gasteiger partial charge in [0, 0.05) is 22.5 Å². The van der Waals surface area contributed by atoms with Crippen molar-refractivity contribution < 1.29 is 4.68 Å². The van der Waals surface area contributed by atoms with Crippen molar-refractivity contribution in [2.24, 2.45) is 7.05 Å². The maximum absolute atomic E-state index is 4.64. The Morgan fingerprint density at radius 1 is 0.950 bits per heavy atom. The summed E-state index contributed by atoms with van der Waals surface area (Å²) in [5.74, 6) is 0. The van der Waals surface area contributed by atoms with Gasteiger partial charge >= 0.3 is 0 Å². The van der Waals surface area contributed by atoms with Crippen LogP contribution in [0, 0.1) is 13.8 Å². The number of hydrogen-bond donors (Lipinski definition) is 0. The lowest BCUT2D eigenvalue weighted by atomic mass is 10.1. The minimum Gasteiger partial charge on any atom is -0.254 e. The second kappa shape index (κ2) is 3.79. The number of hydrogen-bond acceptors (Lipinski definition) is 1. The molecular formula is C17H16N3+. The third kappa shape index (κ3) is 1.29. The molecule has 4 aromatic rings. The van der Waals surface area contributed by atoms with Gasteiger partial charge in [0.1, 0.15) is 16.6 Å². The molecule has 0 unspecified atom stereocenters. The molecule has 3 nitrogen and oxygen atoms in total. The van der Waals surface area contributed by atoms with E-state index in [4.69, 9.17) is 0 Å². The molecule has 0 bridgehead atoms. The van der Waals surface area contributed by atoms with E-state index in [0.29, 0.717) is 0 Å². The highest BCUT2D eigenvalue weighted by molar-refractivity contribution is 6.11. The highest BCUT2D eigenvalue weighted by Gasteiger charge is 2.19. The summed E-state index contributed by atoms with van der Waals surface area (Å²) in [4.78, 5) is 4.64. The molecule has 0 saturated carbocycles.